The van der Waals surface area contributed by atoms with Gasteiger partial charge in [0.25, 0.3) is 0 Å². The molecule has 1 aliphatic heterocycles. The van der Waals surface area contributed by atoms with Crippen LogP contribution < -0.4 is 0 Å². The molecule has 1 fully saturated rings. The molecular formula is C35H38F3NO2. The first kappa shape index (κ1) is 29.1. The highest BCUT2D eigenvalue weighted by Gasteiger charge is 2.38. The predicted molar refractivity (Wildman–Crippen MR) is 159 cm³/mol. The van der Waals surface area contributed by atoms with Crippen LogP contribution in [0.3, 0.4) is 0 Å². The summed E-state index contributed by atoms with van der Waals surface area (Å²) in [5.41, 5.74) is 4.60. The van der Waals surface area contributed by atoms with Gasteiger partial charge in [0.05, 0.1) is 11.8 Å². The quantitative estimate of drug-likeness (QED) is 0.298. The molecule has 3 aromatic rings. The summed E-state index contributed by atoms with van der Waals surface area (Å²) in [6.45, 7) is 6.70. The van der Waals surface area contributed by atoms with Crippen LogP contribution >= 0.6 is 0 Å². The number of nitrogens with zero attached hydrogens (tertiary/aromatic N) is 1. The lowest BCUT2D eigenvalue weighted by atomic mass is 9.82. The molecule has 0 amide bonds. The number of hydrogen-bond acceptors (Lipinski definition) is 2. The number of aliphatic carboxylic acids is 1. The third kappa shape index (κ3) is 7.10. The van der Waals surface area contributed by atoms with Crippen LogP contribution in [0, 0.1) is 11.8 Å². The molecule has 3 atom stereocenters. The SMILES string of the molecule is CC(C)CC(C(=O)O)c1cc(C2=CCC(C(F)(F)F)C=C2)cc(C2CCCN(Cc3ccc4ccccc4c3)C2)c1. The number of hydrogen-bond donors (Lipinski definition) is 1. The maximum absolute atomic E-state index is 13.3. The molecule has 5 rings (SSSR count). The molecule has 0 bridgehead atoms. The minimum Gasteiger partial charge on any atom is -0.481 e. The molecule has 0 saturated carbocycles. The number of halogens is 3. The highest BCUT2D eigenvalue weighted by molar-refractivity contribution is 5.83. The van der Waals surface area contributed by atoms with E-state index < -0.39 is 24.0 Å². The molecule has 1 aliphatic carbocycles. The van der Waals surface area contributed by atoms with Crippen LogP contribution in [-0.2, 0) is 11.3 Å². The summed E-state index contributed by atoms with van der Waals surface area (Å²) in [4.78, 5) is 14.8. The van der Waals surface area contributed by atoms with Crippen molar-refractivity contribution in [2.24, 2.45) is 11.8 Å². The molecule has 0 spiro atoms. The Kier molecular flexibility index (Phi) is 8.69. The summed E-state index contributed by atoms with van der Waals surface area (Å²) < 4.78 is 39.8. The third-order valence-corrected chi connectivity index (χ3v) is 8.44. The summed E-state index contributed by atoms with van der Waals surface area (Å²) in [5, 5.41) is 12.6. The van der Waals surface area contributed by atoms with Gasteiger partial charge in [0.2, 0.25) is 0 Å². The van der Waals surface area contributed by atoms with Crippen molar-refractivity contribution in [1.82, 2.24) is 4.90 Å². The maximum atomic E-state index is 13.3. The Balaban J connectivity index is 1.43. The third-order valence-electron chi connectivity index (χ3n) is 8.44. The number of alkyl halides is 3. The summed E-state index contributed by atoms with van der Waals surface area (Å²) >= 11 is 0. The van der Waals surface area contributed by atoms with Gasteiger partial charge in [-0.2, -0.15) is 13.2 Å². The number of likely N-dealkylation sites (tertiary alicyclic amines) is 1. The molecule has 2 aliphatic rings. The predicted octanol–water partition coefficient (Wildman–Crippen LogP) is 8.96. The lowest BCUT2D eigenvalue weighted by Crippen LogP contribution is -2.34. The fourth-order valence-electron chi connectivity index (χ4n) is 6.27. The van der Waals surface area contributed by atoms with Crippen molar-refractivity contribution in [1.29, 1.82) is 0 Å². The van der Waals surface area contributed by atoms with Gasteiger partial charge >= 0.3 is 12.1 Å². The van der Waals surface area contributed by atoms with E-state index in [1.54, 1.807) is 12.2 Å². The Labute approximate surface area is 240 Å². The minimum absolute atomic E-state index is 0.105. The Morgan fingerprint density at radius 3 is 2.51 bits per heavy atom. The van der Waals surface area contributed by atoms with Gasteiger partial charge in [0.1, 0.15) is 0 Å². The van der Waals surface area contributed by atoms with Crippen LogP contribution in [0.15, 0.2) is 78.9 Å². The summed E-state index contributed by atoms with van der Waals surface area (Å²) in [6.07, 6.45) is 2.58. The fraction of sp³-hybridized carbons (Fsp3) is 0.400. The monoisotopic (exact) mass is 561 g/mol. The number of rotatable bonds is 8. The second kappa shape index (κ2) is 12.2. The van der Waals surface area contributed by atoms with Gasteiger partial charge in [-0.25, -0.2) is 0 Å². The molecule has 6 heteroatoms. The van der Waals surface area contributed by atoms with Crippen LogP contribution in [-0.4, -0.2) is 35.2 Å². The number of fused-ring (bicyclic) bond motifs is 1. The van der Waals surface area contributed by atoms with Crippen molar-refractivity contribution in [3.63, 3.8) is 0 Å². The molecule has 1 N–H and O–H groups in total. The Bertz CT molecular complexity index is 1460. The zero-order valence-electron chi connectivity index (χ0n) is 23.7. The molecular weight excluding hydrogens is 523 g/mol. The number of carboxylic acid groups (broad SMARTS) is 1. The Morgan fingerprint density at radius 1 is 1.05 bits per heavy atom. The number of carbonyl (C=O) groups is 1. The lowest BCUT2D eigenvalue weighted by Gasteiger charge is -2.34. The number of carboxylic acids is 1. The summed E-state index contributed by atoms with van der Waals surface area (Å²) in [7, 11) is 0. The van der Waals surface area contributed by atoms with Gasteiger partial charge in [0.15, 0.2) is 0 Å². The molecule has 216 valence electrons. The zero-order chi connectivity index (χ0) is 29.1. The molecule has 41 heavy (non-hydrogen) atoms. The largest absolute Gasteiger partial charge is 0.481 e. The van der Waals surface area contributed by atoms with Crippen LogP contribution in [0.4, 0.5) is 13.2 Å². The first-order valence-electron chi connectivity index (χ1n) is 14.6. The van der Waals surface area contributed by atoms with Gasteiger partial charge in [-0.1, -0.05) is 86.7 Å². The van der Waals surface area contributed by atoms with Crippen molar-refractivity contribution in [3.05, 3.63) is 101 Å². The Hall–Kier alpha value is -3.38. The highest BCUT2D eigenvalue weighted by atomic mass is 19.4. The van der Waals surface area contributed by atoms with Crippen LogP contribution in [0.25, 0.3) is 16.3 Å². The van der Waals surface area contributed by atoms with Crippen molar-refractivity contribution in [2.75, 3.05) is 13.1 Å². The fourth-order valence-corrected chi connectivity index (χ4v) is 6.27. The van der Waals surface area contributed by atoms with Gasteiger partial charge in [-0.3, -0.25) is 9.69 Å². The summed E-state index contributed by atoms with van der Waals surface area (Å²) in [6, 6.07) is 20.9. The van der Waals surface area contributed by atoms with Crippen LogP contribution in [0.2, 0.25) is 0 Å². The van der Waals surface area contributed by atoms with E-state index in [0.29, 0.717) is 6.42 Å². The number of benzene rings is 3. The molecule has 0 aromatic heterocycles. The average Bonchev–Trinajstić information content (AvgIpc) is 2.95. The zero-order valence-corrected chi connectivity index (χ0v) is 23.7. The molecule has 1 saturated heterocycles. The smallest absolute Gasteiger partial charge is 0.395 e. The maximum Gasteiger partial charge on any atom is 0.395 e. The topological polar surface area (TPSA) is 40.5 Å². The normalized spacial score (nSPS) is 20.8. The van der Waals surface area contributed by atoms with Gasteiger partial charge in [0, 0.05) is 13.1 Å². The van der Waals surface area contributed by atoms with Crippen LogP contribution in [0.1, 0.15) is 73.6 Å². The van der Waals surface area contributed by atoms with Crippen molar-refractivity contribution < 1.29 is 23.1 Å². The average molecular weight is 562 g/mol. The van der Waals surface area contributed by atoms with Crippen molar-refractivity contribution >= 4 is 22.3 Å². The van der Waals surface area contributed by atoms with Gasteiger partial charge < -0.3 is 5.11 Å². The van der Waals surface area contributed by atoms with Gasteiger partial charge in [-0.05, 0) is 88.7 Å². The molecule has 3 unspecified atom stereocenters. The second-order valence-corrected chi connectivity index (χ2v) is 12.1. The minimum atomic E-state index is -4.27. The number of piperidine rings is 1. The Morgan fingerprint density at radius 2 is 1.83 bits per heavy atom. The van der Waals surface area contributed by atoms with E-state index in [1.165, 1.54) is 22.4 Å². The molecule has 1 heterocycles. The molecule has 0 radical (unpaired) electrons. The van der Waals surface area contributed by atoms with E-state index in [9.17, 15) is 23.1 Å². The molecule has 3 nitrogen and oxygen atoms in total. The van der Waals surface area contributed by atoms with Crippen molar-refractivity contribution in [2.45, 2.75) is 64.1 Å². The standard InChI is InChI=1S/C35H38F3NO2/c1-23(2)16-33(34(40)41)31-19-29(26-11-13-32(14-12-26)35(36,37)38)18-30(20-31)28-8-5-15-39(22-28)21-24-9-10-25-6-3-4-7-27(25)17-24/h3-4,6-7,9-13,17-20,23,28,32-33H,5,8,14-16,21-22H2,1-2H3,(H,40,41). The van der Waals surface area contributed by atoms with E-state index in [2.05, 4.69) is 47.4 Å². The highest BCUT2D eigenvalue weighted by Crippen LogP contribution is 2.38. The van der Waals surface area contributed by atoms with Crippen molar-refractivity contribution in [3.8, 4) is 0 Å². The van der Waals surface area contributed by atoms with Crippen LogP contribution in [0.5, 0.6) is 0 Å². The van der Waals surface area contributed by atoms with E-state index in [0.717, 1.165) is 54.7 Å². The molecule has 3 aromatic carbocycles. The first-order valence-corrected chi connectivity index (χ1v) is 14.6. The number of allylic oxidation sites excluding steroid dienone is 4. The summed E-state index contributed by atoms with van der Waals surface area (Å²) in [5.74, 6) is -2.61. The van der Waals surface area contributed by atoms with E-state index in [4.69, 9.17) is 0 Å². The van der Waals surface area contributed by atoms with Gasteiger partial charge in [-0.15, -0.1) is 0 Å². The second-order valence-electron chi connectivity index (χ2n) is 12.1. The van der Waals surface area contributed by atoms with E-state index in [-0.39, 0.29) is 18.3 Å². The first-order chi connectivity index (χ1) is 19.6. The van der Waals surface area contributed by atoms with E-state index in [1.807, 2.05) is 32.0 Å². The lowest BCUT2D eigenvalue weighted by molar-refractivity contribution is -0.160. The van der Waals surface area contributed by atoms with E-state index >= 15 is 0 Å².